The van der Waals surface area contributed by atoms with E-state index in [1.54, 1.807) is 30.5 Å². The van der Waals surface area contributed by atoms with E-state index in [9.17, 15) is 9.59 Å². The maximum absolute atomic E-state index is 11.7. The lowest BCUT2D eigenvalue weighted by Crippen LogP contribution is -2.25. The van der Waals surface area contributed by atoms with Crippen LogP contribution in [0.3, 0.4) is 0 Å². The number of rotatable bonds is 5. The number of aromatic nitrogens is 1. The topological polar surface area (TPSA) is 59.1 Å². The zero-order chi connectivity index (χ0) is 13.5. The molecule has 96 valence electrons. The molecular weight excluding hydrogens is 240 g/mol. The summed E-state index contributed by atoms with van der Waals surface area (Å²) >= 11 is 0. The van der Waals surface area contributed by atoms with Gasteiger partial charge in [0.1, 0.15) is 6.29 Å². The number of amides is 1. The lowest BCUT2D eigenvalue weighted by atomic mass is 10.1. The molecule has 1 N–H and O–H groups in total. The van der Waals surface area contributed by atoms with Crippen LogP contribution in [0.1, 0.15) is 26.3 Å². The van der Waals surface area contributed by atoms with Gasteiger partial charge in [0.05, 0.1) is 5.56 Å². The van der Waals surface area contributed by atoms with Gasteiger partial charge in [0, 0.05) is 24.5 Å². The summed E-state index contributed by atoms with van der Waals surface area (Å²) in [5.41, 5.74) is 2.29. The molecule has 0 aliphatic carbocycles. The molecule has 4 nitrogen and oxygen atoms in total. The van der Waals surface area contributed by atoms with Crippen LogP contribution >= 0.6 is 0 Å². The molecule has 0 spiro atoms. The summed E-state index contributed by atoms with van der Waals surface area (Å²) in [6.45, 7) is 0.550. The third-order valence-electron chi connectivity index (χ3n) is 2.74. The summed E-state index contributed by atoms with van der Waals surface area (Å²) in [6.07, 6.45) is 4.71. The van der Waals surface area contributed by atoms with Crippen molar-refractivity contribution >= 4 is 12.2 Å². The van der Waals surface area contributed by atoms with E-state index in [0.717, 1.165) is 18.3 Å². The van der Waals surface area contributed by atoms with Gasteiger partial charge >= 0.3 is 0 Å². The third-order valence-corrected chi connectivity index (χ3v) is 2.74. The van der Waals surface area contributed by atoms with Crippen molar-refractivity contribution in [2.45, 2.75) is 6.42 Å². The Morgan fingerprint density at radius 2 is 2.00 bits per heavy atom. The number of pyridine rings is 1. The van der Waals surface area contributed by atoms with Gasteiger partial charge < -0.3 is 5.32 Å². The van der Waals surface area contributed by atoms with Crippen LogP contribution in [-0.2, 0) is 6.42 Å². The molecule has 0 saturated heterocycles. The van der Waals surface area contributed by atoms with E-state index in [0.29, 0.717) is 17.7 Å². The molecule has 4 heteroatoms. The van der Waals surface area contributed by atoms with Crippen LogP contribution in [-0.4, -0.2) is 23.7 Å². The average molecular weight is 254 g/mol. The Balaban J connectivity index is 1.83. The molecule has 1 aromatic carbocycles. The predicted molar refractivity (Wildman–Crippen MR) is 72.1 cm³/mol. The average Bonchev–Trinajstić information content (AvgIpc) is 2.49. The Morgan fingerprint density at radius 1 is 1.21 bits per heavy atom. The highest BCUT2D eigenvalue weighted by atomic mass is 16.1. The minimum atomic E-state index is -0.127. The van der Waals surface area contributed by atoms with E-state index in [4.69, 9.17) is 0 Å². The van der Waals surface area contributed by atoms with Crippen LogP contribution in [0.15, 0.2) is 48.8 Å². The summed E-state index contributed by atoms with van der Waals surface area (Å²) in [5.74, 6) is -0.127. The van der Waals surface area contributed by atoms with Crippen LogP contribution < -0.4 is 5.32 Å². The third kappa shape index (κ3) is 3.74. The Bertz CT molecular complexity index is 550. The first-order valence-corrected chi connectivity index (χ1v) is 6.02. The summed E-state index contributed by atoms with van der Waals surface area (Å²) < 4.78 is 0. The van der Waals surface area contributed by atoms with Crippen molar-refractivity contribution in [1.29, 1.82) is 0 Å². The van der Waals surface area contributed by atoms with Gasteiger partial charge in [-0.2, -0.15) is 0 Å². The fraction of sp³-hybridized carbons (Fsp3) is 0.133. The molecular formula is C15H14N2O2. The SMILES string of the molecule is O=Cc1ccc(CCNC(=O)c2cccnc2)cc1. The smallest absolute Gasteiger partial charge is 0.252 e. The molecule has 1 aromatic heterocycles. The van der Waals surface area contributed by atoms with Gasteiger partial charge in [-0.3, -0.25) is 14.6 Å². The van der Waals surface area contributed by atoms with Gasteiger partial charge in [0.25, 0.3) is 5.91 Å². The van der Waals surface area contributed by atoms with Gasteiger partial charge in [0.2, 0.25) is 0 Å². The van der Waals surface area contributed by atoms with Gasteiger partial charge in [-0.1, -0.05) is 24.3 Å². The molecule has 2 rings (SSSR count). The highest BCUT2D eigenvalue weighted by Crippen LogP contribution is 2.03. The molecule has 0 aliphatic heterocycles. The van der Waals surface area contributed by atoms with Crippen molar-refractivity contribution < 1.29 is 9.59 Å². The minimum Gasteiger partial charge on any atom is -0.352 e. The molecule has 1 heterocycles. The number of hydrogen-bond donors (Lipinski definition) is 1. The lowest BCUT2D eigenvalue weighted by molar-refractivity contribution is 0.0953. The maximum atomic E-state index is 11.7. The minimum absolute atomic E-state index is 0.127. The maximum Gasteiger partial charge on any atom is 0.252 e. The molecule has 0 radical (unpaired) electrons. The fourth-order valence-corrected chi connectivity index (χ4v) is 1.68. The molecule has 1 amide bonds. The highest BCUT2D eigenvalue weighted by molar-refractivity contribution is 5.93. The lowest BCUT2D eigenvalue weighted by Gasteiger charge is -2.05. The van der Waals surface area contributed by atoms with E-state index in [-0.39, 0.29) is 5.91 Å². The molecule has 0 unspecified atom stereocenters. The van der Waals surface area contributed by atoms with Crippen molar-refractivity contribution in [3.05, 3.63) is 65.5 Å². The van der Waals surface area contributed by atoms with Crippen molar-refractivity contribution in [3.63, 3.8) is 0 Å². The van der Waals surface area contributed by atoms with Crippen molar-refractivity contribution in [2.75, 3.05) is 6.54 Å². The summed E-state index contributed by atoms with van der Waals surface area (Å²) in [5, 5.41) is 2.83. The van der Waals surface area contributed by atoms with Gasteiger partial charge in [-0.25, -0.2) is 0 Å². The molecule has 0 fully saturated rings. The summed E-state index contributed by atoms with van der Waals surface area (Å²) in [4.78, 5) is 26.2. The number of carbonyl (C=O) groups excluding carboxylic acids is 2. The molecule has 2 aromatic rings. The van der Waals surface area contributed by atoms with E-state index in [1.807, 2.05) is 12.1 Å². The van der Waals surface area contributed by atoms with Gasteiger partial charge in [-0.05, 0) is 24.1 Å². The normalized spacial score (nSPS) is 9.89. The highest BCUT2D eigenvalue weighted by Gasteiger charge is 2.03. The summed E-state index contributed by atoms with van der Waals surface area (Å²) in [7, 11) is 0. The number of aldehydes is 1. The van der Waals surface area contributed by atoms with Crippen LogP contribution in [0.4, 0.5) is 0 Å². The molecule has 0 atom stereocenters. The first kappa shape index (κ1) is 13.0. The Kier molecular flexibility index (Phi) is 4.39. The van der Waals surface area contributed by atoms with Crippen molar-refractivity contribution in [2.24, 2.45) is 0 Å². The molecule has 0 bridgehead atoms. The van der Waals surface area contributed by atoms with E-state index >= 15 is 0 Å². The first-order chi connectivity index (χ1) is 9.29. The van der Waals surface area contributed by atoms with E-state index < -0.39 is 0 Å². The Labute approximate surface area is 111 Å². The first-order valence-electron chi connectivity index (χ1n) is 6.02. The van der Waals surface area contributed by atoms with Gasteiger partial charge in [-0.15, -0.1) is 0 Å². The fourth-order valence-electron chi connectivity index (χ4n) is 1.68. The number of carbonyl (C=O) groups is 2. The monoisotopic (exact) mass is 254 g/mol. The van der Waals surface area contributed by atoms with Crippen LogP contribution in [0.25, 0.3) is 0 Å². The second-order valence-electron chi connectivity index (χ2n) is 4.11. The molecule has 19 heavy (non-hydrogen) atoms. The van der Waals surface area contributed by atoms with Crippen LogP contribution in [0.2, 0.25) is 0 Å². The number of benzene rings is 1. The predicted octanol–water partition coefficient (Wildman–Crippen LogP) is 1.87. The number of nitrogens with one attached hydrogen (secondary N) is 1. The second kappa shape index (κ2) is 6.44. The largest absolute Gasteiger partial charge is 0.352 e. The quantitative estimate of drug-likeness (QED) is 0.829. The standard InChI is InChI=1S/C15H14N2O2/c18-11-13-5-3-12(4-6-13)7-9-17-15(19)14-2-1-8-16-10-14/h1-6,8,10-11H,7,9H2,(H,17,19). The molecule has 0 aliphatic rings. The van der Waals surface area contributed by atoms with Crippen LogP contribution in [0.5, 0.6) is 0 Å². The number of hydrogen-bond acceptors (Lipinski definition) is 3. The Morgan fingerprint density at radius 3 is 2.63 bits per heavy atom. The van der Waals surface area contributed by atoms with Crippen molar-refractivity contribution in [1.82, 2.24) is 10.3 Å². The molecule has 0 saturated carbocycles. The van der Waals surface area contributed by atoms with Crippen LogP contribution in [0, 0.1) is 0 Å². The van der Waals surface area contributed by atoms with E-state index in [1.165, 1.54) is 6.20 Å². The van der Waals surface area contributed by atoms with E-state index in [2.05, 4.69) is 10.3 Å². The Hall–Kier alpha value is -2.49. The zero-order valence-corrected chi connectivity index (χ0v) is 10.4. The zero-order valence-electron chi connectivity index (χ0n) is 10.4. The number of nitrogens with zero attached hydrogens (tertiary/aromatic N) is 1. The van der Waals surface area contributed by atoms with Gasteiger partial charge in [0.15, 0.2) is 0 Å². The summed E-state index contributed by atoms with van der Waals surface area (Å²) in [6, 6.07) is 10.8. The van der Waals surface area contributed by atoms with Crippen molar-refractivity contribution in [3.8, 4) is 0 Å². The second-order valence-corrected chi connectivity index (χ2v) is 4.11.